The van der Waals surface area contributed by atoms with E-state index in [0.717, 1.165) is 7.11 Å². The molecule has 2 unspecified atom stereocenters. The van der Waals surface area contributed by atoms with E-state index in [-0.39, 0.29) is 12.9 Å². The Labute approximate surface area is 75.6 Å². The van der Waals surface area contributed by atoms with Gasteiger partial charge in [-0.1, -0.05) is 0 Å². The zero-order valence-electron chi connectivity index (χ0n) is 7.52. The first-order chi connectivity index (χ1) is 6.01. The van der Waals surface area contributed by atoms with Crippen molar-refractivity contribution >= 4 is 12.3 Å². The molecule has 0 aliphatic rings. The number of carbonyl (C=O) groups is 2. The molecule has 0 aromatic heterocycles. The minimum absolute atomic E-state index is 0.257. The summed E-state index contributed by atoms with van der Waals surface area (Å²) in [6, 6.07) is 0. The van der Waals surface area contributed by atoms with Crippen LogP contribution in [0.4, 0.5) is 0 Å². The van der Waals surface area contributed by atoms with Crippen LogP contribution >= 0.6 is 0 Å². The molecule has 0 aromatic rings. The number of aliphatic hydroxyl groups is 1. The third-order valence-corrected chi connectivity index (χ3v) is 1.55. The highest BCUT2D eigenvalue weighted by atomic mass is 16.5. The molecule has 0 bridgehead atoms. The summed E-state index contributed by atoms with van der Waals surface area (Å²) in [5.41, 5.74) is 3.64. The lowest BCUT2D eigenvalue weighted by molar-refractivity contribution is -0.157. The molecular weight excluding hydrogens is 178 g/mol. The first-order valence-corrected chi connectivity index (χ1v) is 3.52. The van der Waals surface area contributed by atoms with Gasteiger partial charge in [-0.2, -0.15) is 0 Å². The van der Waals surface area contributed by atoms with Crippen LogP contribution in [0, 0.1) is 0 Å². The molecule has 0 saturated heterocycles. The van der Waals surface area contributed by atoms with Crippen molar-refractivity contribution in [2.75, 3.05) is 20.8 Å². The van der Waals surface area contributed by atoms with Crippen LogP contribution < -0.4 is 5.73 Å². The number of aliphatic hydroxyl groups excluding tert-OH is 1. The summed E-state index contributed by atoms with van der Waals surface area (Å²) in [4.78, 5) is 21.3. The molecule has 3 N–H and O–H groups in total. The molecular formula is C7H13NO5. The molecule has 13 heavy (non-hydrogen) atoms. The lowest BCUT2D eigenvalue weighted by Gasteiger charge is -2.25. The normalized spacial score (nSPS) is 17.2. The number of aldehydes is 1. The fourth-order valence-electron chi connectivity index (χ4n) is 0.758. The summed E-state index contributed by atoms with van der Waals surface area (Å²) in [6.07, 6.45) is -1.45. The summed E-state index contributed by atoms with van der Waals surface area (Å²) in [5.74, 6) is -0.966. The van der Waals surface area contributed by atoms with Gasteiger partial charge in [0, 0.05) is 7.11 Å². The molecule has 0 fully saturated rings. The molecule has 76 valence electrons. The van der Waals surface area contributed by atoms with Crippen molar-refractivity contribution in [3.8, 4) is 0 Å². The molecule has 0 amide bonds. The van der Waals surface area contributed by atoms with Gasteiger partial charge in [0.05, 0.1) is 13.7 Å². The topological polar surface area (TPSA) is 98.9 Å². The maximum Gasteiger partial charge on any atom is 0.337 e. The summed E-state index contributed by atoms with van der Waals surface area (Å²) >= 11 is 0. The average molecular weight is 191 g/mol. The van der Waals surface area contributed by atoms with E-state index in [1.807, 2.05) is 0 Å². The zero-order chi connectivity index (χ0) is 10.5. The molecule has 0 heterocycles. The van der Waals surface area contributed by atoms with Crippen LogP contribution in [0.2, 0.25) is 0 Å². The number of esters is 1. The molecule has 0 saturated carbocycles. The van der Waals surface area contributed by atoms with Gasteiger partial charge in [-0.3, -0.25) is 0 Å². The number of nitrogens with two attached hydrogens (primary N) is 1. The third-order valence-electron chi connectivity index (χ3n) is 1.55. The highest BCUT2D eigenvalue weighted by molar-refractivity contribution is 5.83. The number of carbonyl (C=O) groups excluding carboxylic acids is 2. The molecule has 0 aliphatic carbocycles. The molecule has 0 rings (SSSR count). The van der Waals surface area contributed by atoms with Gasteiger partial charge >= 0.3 is 5.97 Å². The number of hydrogen-bond donors (Lipinski definition) is 2. The molecule has 0 aliphatic heterocycles. The molecule has 0 radical (unpaired) electrons. The molecule has 0 aromatic carbocycles. The van der Waals surface area contributed by atoms with Gasteiger partial charge in [0.2, 0.25) is 0 Å². The van der Waals surface area contributed by atoms with E-state index in [4.69, 9.17) is 5.73 Å². The van der Waals surface area contributed by atoms with Crippen molar-refractivity contribution in [2.45, 2.75) is 11.6 Å². The van der Waals surface area contributed by atoms with E-state index in [1.54, 1.807) is 0 Å². The standard InChI is InChI=1S/C7H13NO5/c1-12-4-7(8,3-9)5(10)6(11)13-2/h3,5,10H,4,8H2,1-2H3. The summed E-state index contributed by atoms with van der Waals surface area (Å²) < 4.78 is 8.81. The van der Waals surface area contributed by atoms with Crippen molar-refractivity contribution in [2.24, 2.45) is 5.73 Å². The van der Waals surface area contributed by atoms with Crippen molar-refractivity contribution in [1.29, 1.82) is 0 Å². The Hall–Kier alpha value is -0.980. The number of rotatable bonds is 5. The van der Waals surface area contributed by atoms with Crippen molar-refractivity contribution in [1.82, 2.24) is 0 Å². The van der Waals surface area contributed by atoms with Crippen molar-refractivity contribution in [3.63, 3.8) is 0 Å². The van der Waals surface area contributed by atoms with Crippen LogP contribution in [0.3, 0.4) is 0 Å². The van der Waals surface area contributed by atoms with Gasteiger partial charge < -0.3 is 25.1 Å². The Balaban J connectivity index is 4.54. The Kier molecular flexibility index (Phi) is 4.53. The Bertz CT molecular complexity index is 195. The second kappa shape index (κ2) is 4.90. The van der Waals surface area contributed by atoms with Gasteiger partial charge in [-0.05, 0) is 0 Å². The minimum atomic E-state index is -1.75. The highest BCUT2D eigenvalue weighted by Crippen LogP contribution is 2.06. The summed E-state index contributed by atoms with van der Waals surface area (Å²) in [5, 5.41) is 9.26. The van der Waals surface area contributed by atoms with Crippen LogP contribution in [0.15, 0.2) is 0 Å². The van der Waals surface area contributed by atoms with E-state index >= 15 is 0 Å². The molecule has 0 spiro atoms. The summed E-state index contributed by atoms with van der Waals surface area (Å²) in [6.45, 7) is -0.257. The SMILES string of the molecule is COCC(N)(C=O)C(O)C(=O)OC. The predicted octanol–water partition coefficient (Wildman–Crippen LogP) is -1.94. The van der Waals surface area contributed by atoms with Crippen LogP contribution in [0.1, 0.15) is 0 Å². The van der Waals surface area contributed by atoms with E-state index in [1.165, 1.54) is 7.11 Å². The minimum Gasteiger partial charge on any atom is -0.467 e. The van der Waals surface area contributed by atoms with Gasteiger partial charge in [0.15, 0.2) is 6.10 Å². The molecule has 2 atom stereocenters. The Morgan fingerprint density at radius 3 is 2.54 bits per heavy atom. The first kappa shape index (κ1) is 12.0. The number of methoxy groups -OCH3 is 2. The number of hydrogen-bond acceptors (Lipinski definition) is 6. The predicted molar refractivity (Wildman–Crippen MR) is 42.9 cm³/mol. The van der Waals surface area contributed by atoms with Gasteiger partial charge in [0.1, 0.15) is 11.8 Å². The van der Waals surface area contributed by atoms with E-state index < -0.39 is 17.6 Å². The number of ether oxygens (including phenoxy) is 2. The first-order valence-electron chi connectivity index (χ1n) is 3.52. The fourth-order valence-corrected chi connectivity index (χ4v) is 0.758. The van der Waals surface area contributed by atoms with E-state index in [9.17, 15) is 14.7 Å². The van der Waals surface area contributed by atoms with Crippen molar-refractivity contribution < 1.29 is 24.2 Å². The van der Waals surface area contributed by atoms with Crippen LogP contribution in [0.25, 0.3) is 0 Å². The largest absolute Gasteiger partial charge is 0.467 e. The van der Waals surface area contributed by atoms with Crippen LogP contribution in [-0.4, -0.2) is 49.8 Å². The van der Waals surface area contributed by atoms with Crippen LogP contribution in [-0.2, 0) is 19.1 Å². The highest BCUT2D eigenvalue weighted by Gasteiger charge is 2.39. The second-order valence-corrected chi connectivity index (χ2v) is 2.59. The van der Waals surface area contributed by atoms with Crippen LogP contribution in [0.5, 0.6) is 0 Å². The zero-order valence-corrected chi connectivity index (χ0v) is 7.52. The Morgan fingerprint density at radius 1 is 1.69 bits per heavy atom. The third kappa shape index (κ3) is 2.76. The van der Waals surface area contributed by atoms with E-state index in [2.05, 4.69) is 9.47 Å². The lowest BCUT2D eigenvalue weighted by Crippen LogP contribution is -2.59. The maximum atomic E-state index is 10.8. The monoisotopic (exact) mass is 191 g/mol. The maximum absolute atomic E-state index is 10.8. The van der Waals surface area contributed by atoms with Crippen molar-refractivity contribution in [3.05, 3.63) is 0 Å². The Morgan fingerprint density at radius 2 is 2.23 bits per heavy atom. The lowest BCUT2D eigenvalue weighted by atomic mass is 9.96. The molecule has 6 heteroatoms. The molecule has 6 nitrogen and oxygen atoms in total. The van der Waals surface area contributed by atoms with Gasteiger partial charge in [-0.15, -0.1) is 0 Å². The smallest absolute Gasteiger partial charge is 0.337 e. The van der Waals surface area contributed by atoms with E-state index in [0.29, 0.717) is 0 Å². The van der Waals surface area contributed by atoms with Gasteiger partial charge in [-0.25, -0.2) is 4.79 Å². The average Bonchev–Trinajstić information content (AvgIpc) is 2.15. The fraction of sp³-hybridized carbons (Fsp3) is 0.714. The quantitative estimate of drug-likeness (QED) is 0.387. The van der Waals surface area contributed by atoms with Gasteiger partial charge in [0.25, 0.3) is 0 Å². The summed E-state index contributed by atoms with van der Waals surface area (Å²) in [7, 11) is 2.39. The second-order valence-electron chi connectivity index (χ2n) is 2.59.